The highest BCUT2D eigenvalue weighted by Gasteiger charge is 2.40. The summed E-state index contributed by atoms with van der Waals surface area (Å²) < 4.78 is 5.22. The summed E-state index contributed by atoms with van der Waals surface area (Å²) >= 11 is 0. The molecule has 1 saturated heterocycles. The van der Waals surface area contributed by atoms with Crippen molar-refractivity contribution in [1.82, 2.24) is 5.32 Å². The highest BCUT2D eigenvalue weighted by atomic mass is 16.5. The Morgan fingerprint density at radius 2 is 2.16 bits per heavy atom. The number of hydrogen-bond acceptors (Lipinski definition) is 4. The number of amides is 1. The van der Waals surface area contributed by atoms with Crippen molar-refractivity contribution in [2.24, 2.45) is 11.3 Å². The van der Waals surface area contributed by atoms with Gasteiger partial charge in [0.1, 0.15) is 5.41 Å². The molecule has 1 unspecified atom stereocenters. The fourth-order valence-electron chi connectivity index (χ4n) is 2.46. The zero-order valence-electron chi connectivity index (χ0n) is 11.7. The van der Waals surface area contributed by atoms with Crippen molar-refractivity contribution >= 4 is 5.91 Å². The minimum Gasteiger partial charge on any atom is -0.396 e. The Kier molecular flexibility index (Phi) is 6.82. The van der Waals surface area contributed by atoms with Gasteiger partial charge in [0.15, 0.2) is 0 Å². The molecule has 0 aromatic rings. The number of nitrogens with zero attached hydrogens (tertiary/aromatic N) is 1. The minimum atomic E-state index is -0.922. The van der Waals surface area contributed by atoms with E-state index in [2.05, 4.69) is 18.3 Å². The van der Waals surface area contributed by atoms with Crippen LogP contribution in [0.3, 0.4) is 0 Å². The lowest BCUT2D eigenvalue weighted by molar-refractivity contribution is -0.132. The van der Waals surface area contributed by atoms with Crippen molar-refractivity contribution in [2.45, 2.75) is 39.0 Å². The number of carbonyl (C=O) groups is 1. The van der Waals surface area contributed by atoms with E-state index in [1.165, 1.54) is 0 Å². The molecule has 0 saturated carbocycles. The van der Waals surface area contributed by atoms with E-state index in [1.807, 2.05) is 0 Å². The topological polar surface area (TPSA) is 82.4 Å². The first-order valence-electron chi connectivity index (χ1n) is 7.06. The van der Waals surface area contributed by atoms with Crippen LogP contribution in [0.25, 0.3) is 0 Å². The molecule has 0 aliphatic carbocycles. The number of aliphatic hydroxyl groups is 1. The number of carbonyl (C=O) groups excluding carboxylic acids is 1. The first-order chi connectivity index (χ1) is 9.18. The van der Waals surface area contributed by atoms with Crippen LogP contribution in [-0.2, 0) is 9.53 Å². The van der Waals surface area contributed by atoms with Gasteiger partial charge in [-0.3, -0.25) is 4.79 Å². The second-order valence-corrected chi connectivity index (χ2v) is 5.18. The first kappa shape index (κ1) is 15.9. The van der Waals surface area contributed by atoms with Gasteiger partial charge in [0.25, 0.3) is 0 Å². The second kappa shape index (κ2) is 8.13. The van der Waals surface area contributed by atoms with Crippen molar-refractivity contribution in [2.75, 3.05) is 26.4 Å². The van der Waals surface area contributed by atoms with Crippen LogP contribution in [0.2, 0.25) is 0 Å². The minimum absolute atomic E-state index is 0.137. The van der Waals surface area contributed by atoms with Crippen LogP contribution in [0.1, 0.15) is 39.0 Å². The first-order valence-corrected chi connectivity index (χ1v) is 7.06. The van der Waals surface area contributed by atoms with Crippen LogP contribution in [0.15, 0.2) is 0 Å². The van der Waals surface area contributed by atoms with Gasteiger partial charge >= 0.3 is 0 Å². The van der Waals surface area contributed by atoms with Gasteiger partial charge in [0.05, 0.1) is 6.07 Å². The molecule has 1 fully saturated rings. The average Bonchev–Trinajstić information content (AvgIpc) is 2.45. The van der Waals surface area contributed by atoms with E-state index in [1.54, 1.807) is 0 Å². The van der Waals surface area contributed by atoms with Gasteiger partial charge in [-0.05, 0) is 31.6 Å². The fraction of sp³-hybridized carbons (Fsp3) is 0.857. The molecule has 108 valence electrons. The Hall–Kier alpha value is -1.12. The molecule has 0 aromatic heterocycles. The van der Waals surface area contributed by atoms with E-state index in [-0.39, 0.29) is 18.4 Å². The van der Waals surface area contributed by atoms with E-state index >= 15 is 0 Å². The molecule has 1 aliphatic heterocycles. The molecule has 1 heterocycles. The summed E-state index contributed by atoms with van der Waals surface area (Å²) in [6, 6.07) is 2.16. The zero-order chi connectivity index (χ0) is 14.1. The standard InChI is InChI=1S/C14H24N2O3/c1-2-3-12(4-7-17)10-16-13(18)14(11-15)5-8-19-9-6-14/h12,17H,2-10H2,1H3,(H,16,18). The van der Waals surface area contributed by atoms with Gasteiger partial charge in [-0.25, -0.2) is 0 Å². The summed E-state index contributed by atoms with van der Waals surface area (Å²) in [6.45, 7) is 3.70. The summed E-state index contributed by atoms with van der Waals surface area (Å²) in [5.41, 5.74) is -0.922. The number of aliphatic hydroxyl groups excluding tert-OH is 1. The summed E-state index contributed by atoms with van der Waals surface area (Å²) in [5, 5.41) is 21.2. The maximum absolute atomic E-state index is 12.2. The Bertz CT molecular complexity index is 313. The molecule has 0 aromatic carbocycles. The quantitative estimate of drug-likeness (QED) is 0.727. The summed E-state index contributed by atoms with van der Waals surface area (Å²) in [5.74, 6) is 0.104. The van der Waals surface area contributed by atoms with Crippen LogP contribution >= 0.6 is 0 Å². The number of hydrogen-bond donors (Lipinski definition) is 2. The van der Waals surface area contributed by atoms with Crippen LogP contribution in [0.4, 0.5) is 0 Å². The van der Waals surface area contributed by atoms with E-state index < -0.39 is 5.41 Å². The Morgan fingerprint density at radius 3 is 2.68 bits per heavy atom. The predicted octanol–water partition coefficient (Wildman–Crippen LogP) is 1.22. The highest BCUT2D eigenvalue weighted by molar-refractivity contribution is 5.85. The largest absolute Gasteiger partial charge is 0.396 e. The van der Waals surface area contributed by atoms with Crippen molar-refractivity contribution in [1.29, 1.82) is 5.26 Å². The number of ether oxygens (including phenoxy) is 1. The van der Waals surface area contributed by atoms with Gasteiger partial charge in [-0.2, -0.15) is 5.26 Å². The third-order valence-electron chi connectivity index (χ3n) is 3.78. The Balaban J connectivity index is 2.50. The molecule has 1 atom stereocenters. The molecular weight excluding hydrogens is 244 g/mol. The summed E-state index contributed by atoms with van der Waals surface area (Å²) in [6.07, 6.45) is 3.62. The molecule has 19 heavy (non-hydrogen) atoms. The molecule has 1 rings (SSSR count). The van der Waals surface area contributed by atoms with Gasteiger partial charge in [0, 0.05) is 26.4 Å². The average molecular weight is 268 g/mol. The Morgan fingerprint density at radius 1 is 1.47 bits per heavy atom. The van der Waals surface area contributed by atoms with Crippen molar-refractivity contribution in [3.63, 3.8) is 0 Å². The number of nitrogens with one attached hydrogen (secondary N) is 1. The lowest BCUT2D eigenvalue weighted by Gasteiger charge is -2.30. The highest BCUT2D eigenvalue weighted by Crippen LogP contribution is 2.29. The lowest BCUT2D eigenvalue weighted by atomic mass is 9.80. The van der Waals surface area contributed by atoms with E-state index in [0.717, 1.165) is 12.8 Å². The molecule has 1 amide bonds. The molecule has 5 nitrogen and oxygen atoms in total. The van der Waals surface area contributed by atoms with Crippen molar-refractivity contribution < 1.29 is 14.6 Å². The number of nitriles is 1. The van der Waals surface area contributed by atoms with E-state index in [4.69, 9.17) is 9.84 Å². The van der Waals surface area contributed by atoms with Gasteiger partial charge in [-0.1, -0.05) is 13.3 Å². The van der Waals surface area contributed by atoms with E-state index in [9.17, 15) is 10.1 Å². The zero-order valence-corrected chi connectivity index (χ0v) is 11.7. The smallest absolute Gasteiger partial charge is 0.240 e. The van der Waals surface area contributed by atoms with Crippen LogP contribution < -0.4 is 5.32 Å². The number of rotatable bonds is 7. The van der Waals surface area contributed by atoms with Crippen molar-refractivity contribution in [3.05, 3.63) is 0 Å². The molecule has 0 radical (unpaired) electrons. The molecule has 5 heteroatoms. The normalized spacial score (nSPS) is 19.4. The van der Waals surface area contributed by atoms with Crippen LogP contribution in [-0.4, -0.2) is 37.4 Å². The maximum Gasteiger partial charge on any atom is 0.240 e. The third-order valence-corrected chi connectivity index (χ3v) is 3.78. The molecule has 2 N–H and O–H groups in total. The SMILES string of the molecule is CCCC(CCO)CNC(=O)C1(C#N)CCOCC1. The third kappa shape index (κ3) is 4.48. The molecule has 1 aliphatic rings. The second-order valence-electron chi connectivity index (χ2n) is 5.18. The van der Waals surface area contributed by atoms with Crippen molar-refractivity contribution in [3.8, 4) is 6.07 Å². The van der Waals surface area contributed by atoms with Crippen LogP contribution in [0.5, 0.6) is 0 Å². The molecule has 0 bridgehead atoms. The molecule has 0 spiro atoms. The Labute approximate surface area is 114 Å². The van der Waals surface area contributed by atoms with Gasteiger partial charge < -0.3 is 15.2 Å². The maximum atomic E-state index is 12.2. The van der Waals surface area contributed by atoms with Gasteiger partial charge in [-0.15, -0.1) is 0 Å². The lowest BCUT2D eigenvalue weighted by Crippen LogP contribution is -2.45. The monoisotopic (exact) mass is 268 g/mol. The summed E-state index contributed by atoms with van der Waals surface area (Å²) in [4.78, 5) is 12.2. The summed E-state index contributed by atoms with van der Waals surface area (Å²) in [7, 11) is 0. The van der Waals surface area contributed by atoms with Gasteiger partial charge in [0.2, 0.25) is 5.91 Å². The molecular formula is C14H24N2O3. The fourth-order valence-corrected chi connectivity index (χ4v) is 2.46. The predicted molar refractivity (Wildman–Crippen MR) is 71.2 cm³/mol. The van der Waals surface area contributed by atoms with E-state index in [0.29, 0.717) is 39.0 Å². The van der Waals surface area contributed by atoms with Crippen LogP contribution in [0, 0.1) is 22.7 Å².